The van der Waals surface area contributed by atoms with Crippen LogP contribution in [0.2, 0.25) is 0 Å². The van der Waals surface area contributed by atoms with Crippen molar-refractivity contribution in [2.24, 2.45) is 29.1 Å². The summed E-state index contributed by atoms with van der Waals surface area (Å²) in [5, 5.41) is 30.5. The highest BCUT2D eigenvalue weighted by Gasteiger charge is 2.57. The molecule has 2 aromatic carbocycles. The number of nitrogens with zero attached hydrogens (tertiary/aromatic N) is 2. The van der Waals surface area contributed by atoms with Gasteiger partial charge in [0, 0.05) is 68.4 Å². The van der Waals surface area contributed by atoms with Crippen LogP contribution in [-0.4, -0.2) is 98.1 Å². The molecule has 13 nitrogen and oxygen atoms in total. The Balaban J connectivity index is 1.48. The molecule has 3 aliphatic carbocycles. The van der Waals surface area contributed by atoms with Gasteiger partial charge >= 0.3 is 5.97 Å². The summed E-state index contributed by atoms with van der Waals surface area (Å²) in [6.45, 7) is 8.52. The minimum Gasteiger partial charge on any atom is -0.496 e. The van der Waals surface area contributed by atoms with Crippen LogP contribution in [0.5, 0.6) is 5.75 Å². The van der Waals surface area contributed by atoms with Crippen LogP contribution in [0.3, 0.4) is 0 Å². The summed E-state index contributed by atoms with van der Waals surface area (Å²) in [5.41, 5.74) is 3.76. The average Bonchev–Trinajstić information content (AvgIpc) is 3.47. The number of carboxylic acid groups (broad SMARTS) is 1. The number of amides is 3. The molecule has 0 aromatic heterocycles. The molecule has 13 heteroatoms. The van der Waals surface area contributed by atoms with E-state index in [2.05, 4.69) is 36.7 Å². The van der Waals surface area contributed by atoms with Crippen molar-refractivity contribution < 1.29 is 39.0 Å². The molecular weight excluding hydrogens is 666 g/mol. The van der Waals surface area contributed by atoms with Gasteiger partial charge in [-0.05, 0) is 66.7 Å². The number of carboxylic acids is 1. The quantitative estimate of drug-likeness (QED) is 0.195. The minimum atomic E-state index is -1.08. The number of benzene rings is 2. The molecule has 8 atom stereocenters. The Hall–Kier alpha value is -4.20. The van der Waals surface area contributed by atoms with Crippen molar-refractivity contribution in [2.75, 3.05) is 39.7 Å². The Bertz CT molecular complexity index is 1660. The summed E-state index contributed by atoms with van der Waals surface area (Å²) in [4.78, 5) is 59.1. The molecule has 52 heavy (non-hydrogen) atoms. The topological polar surface area (TPSA) is 170 Å². The van der Waals surface area contributed by atoms with Gasteiger partial charge < -0.3 is 35.8 Å². The summed E-state index contributed by atoms with van der Waals surface area (Å²) < 4.78 is 6.01. The predicted molar refractivity (Wildman–Crippen MR) is 196 cm³/mol. The van der Waals surface area contributed by atoms with Gasteiger partial charge in [0.15, 0.2) is 0 Å². The normalized spacial score (nSPS) is 26.8. The van der Waals surface area contributed by atoms with E-state index in [4.69, 9.17) is 14.7 Å². The van der Waals surface area contributed by atoms with Gasteiger partial charge in [-0.1, -0.05) is 39.0 Å². The first kappa shape index (κ1) is 39.0. The Morgan fingerprint density at radius 2 is 1.85 bits per heavy atom. The van der Waals surface area contributed by atoms with Crippen molar-refractivity contribution in [1.82, 2.24) is 21.0 Å². The number of methoxy groups -OCH3 is 1. The zero-order valence-electron chi connectivity index (χ0n) is 31.6. The Morgan fingerprint density at radius 1 is 1.12 bits per heavy atom. The Morgan fingerprint density at radius 3 is 2.44 bits per heavy atom. The van der Waals surface area contributed by atoms with E-state index in [9.17, 15) is 24.3 Å². The fourth-order valence-corrected chi connectivity index (χ4v) is 8.67. The van der Waals surface area contributed by atoms with Crippen molar-refractivity contribution in [3.05, 3.63) is 47.5 Å². The number of aliphatic hydroxyl groups excluding tert-OH is 1. The maximum absolute atomic E-state index is 14.4. The van der Waals surface area contributed by atoms with Crippen LogP contribution < -0.4 is 25.6 Å². The van der Waals surface area contributed by atoms with Gasteiger partial charge in [0.25, 0.3) is 5.91 Å². The van der Waals surface area contributed by atoms with Crippen LogP contribution in [0.15, 0.2) is 36.4 Å². The molecule has 284 valence electrons. The number of carbonyl (C=O) groups is 4. The highest BCUT2D eigenvalue weighted by molar-refractivity contribution is 5.97. The molecule has 1 aliphatic heterocycles. The lowest BCUT2D eigenvalue weighted by Gasteiger charge is -2.62. The molecule has 1 heterocycles. The zero-order valence-corrected chi connectivity index (χ0v) is 31.6. The number of ether oxygens (including phenoxy) is 1. The Labute approximate surface area is 306 Å². The number of nitrogens with one attached hydrogen (secondary N) is 3. The molecule has 3 saturated carbocycles. The van der Waals surface area contributed by atoms with E-state index >= 15 is 0 Å². The number of hydrogen-bond acceptors (Lipinski definition) is 9. The summed E-state index contributed by atoms with van der Waals surface area (Å²) in [7, 11) is 6.95. The largest absolute Gasteiger partial charge is 0.496 e. The van der Waals surface area contributed by atoms with Gasteiger partial charge in [-0.15, -0.1) is 0 Å². The van der Waals surface area contributed by atoms with Gasteiger partial charge in [-0.3, -0.25) is 24.0 Å². The lowest BCUT2D eigenvalue weighted by molar-refractivity contribution is -0.177. The molecule has 0 spiro atoms. The van der Waals surface area contributed by atoms with E-state index in [0.717, 1.165) is 29.7 Å². The summed E-state index contributed by atoms with van der Waals surface area (Å²) in [6, 6.07) is 10.3. The standard InChI is InChI=1S/C39H55N5O8/c1-21-29-17-26(39(29,3)4)18-30(21)42-38(50)35-34(22(2)45)31(19-41-32(46)12-13-33(47)48)52-44(35)20-23-10-9-11-28(36(23)51-8)24-14-25(37(49)40-5)16-27(15-24)43(6)7/h9-11,14-16,21-22,26,29-31,34-35,45H,12-13,17-20H2,1-8H3,(H,40,49)(H,41,46)(H,42,50)(H,47,48)/t21-,22-,26+,29+,30-,31-,34+,35-/m0/s1. The number of anilines is 1. The molecule has 0 radical (unpaired) electrons. The highest BCUT2D eigenvalue weighted by Crippen LogP contribution is 2.61. The average molecular weight is 722 g/mol. The van der Waals surface area contributed by atoms with E-state index in [0.29, 0.717) is 28.7 Å². The second-order valence-corrected chi connectivity index (χ2v) is 15.5. The van der Waals surface area contributed by atoms with Crippen molar-refractivity contribution in [1.29, 1.82) is 0 Å². The molecule has 0 unspecified atom stereocenters. The van der Waals surface area contributed by atoms with E-state index in [-0.39, 0.29) is 55.1 Å². The molecule has 3 amide bonds. The molecule has 6 rings (SSSR count). The van der Waals surface area contributed by atoms with Crippen molar-refractivity contribution >= 4 is 29.4 Å². The van der Waals surface area contributed by atoms with Crippen molar-refractivity contribution in [3.63, 3.8) is 0 Å². The lowest BCUT2D eigenvalue weighted by Crippen LogP contribution is -2.62. The molecule has 1 saturated heterocycles. The van der Waals surface area contributed by atoms with E-state index in [1.807, 2.05) is 49.3 Å². The number of hydrogen-bond donors (Lipinski definition) is 5. The van der Waals surface area contributed by atoms with Crippen molar-refractivity contribution in [3.8, 4) is 16.9 Å². The third-order valence-corrected chi connectivity index (χ3v) is 11.8. The molecule has 5 N–H and O–H groups in total. The van der Waals surface area contributed by atoms with Gasteiger partial charge in [0.2, 0.25) is 11.8 Å². The maximum Gasteiger partial charge on any atom is 0.303 e. The number of aliphatic carboxylic acids is 1. The summed E-state index contributed by atoms with van der Waals surface area (Å²) >= 11 is 0. The predicted octanol–water partition coefficient (Wildman–Crippen LogP) is 3.44. The van der Waals surface area contributed by atoms with E-state index < -0.39 is 36.0 Å². The minimum absolute atomic E-state index is 0.0214. The van der Waals surface area contributed by atoms with Crippen LogP contribution >= 0.6 is 0 Å². The van der Waals surface area contributed by atoms with Crippen LogP contribution in [0.4, 0.5) is 5.69 Å². The number of hydroxylamine groups is 2. The molecule has 2 bridgehead atoms. The summed E-state index contributed by atoms with van der Waals surface area (Å²) in [5.74, 6) is -0.889. The van der Waals surface area contributed by atoms with Crippen LogP contribution in [0.1, 0.15) is 69.3 Å². The molecular formula is C39H55N5O8. The summed E-state index contributed by atoms with van der Waals surface area (Å²) in [6.07, 6.45) is -0.229. The van der Waals surface area contributed by atoms with Gasteiger partial charge in [-0.25, -0.2) is 0 Å². The van der Waals surface area contributed by atoms with Crippen molar-refractivity contribution in [2.45, 2.75) is 84.2 Å². The number of para-hydroxylation sites is 1. The maximum atomic E-state index is 14.4. The van der Waals surface area contributed by atoms with Crippen LogP contribution in [0.25, 0.3) is 11.1 Å². The number of rotatable bonds is 14. The Kier molecular flexibility index (Phi) is 11.9. The molecule has 4 fully saturated rings. The fourth-order valence-electron chi connectivity index (χ4n) is 8.67. The van der Waals surface area contributed by atoms with Crippen LogP contribution in [-0.2, 0) is 25.8 Å². The second-order valence-electron chi connectivity index (χ2n) is 15.5. The highest BCUT2D eigenvalue weighted by atomic mass is 16.7. The number of carbonyl (C=O) groups excluding carboxylic acids is 3. The van der Waals surface area contributed by atoms with Gasteiger partial charge in [0.1, 0.15) is 17.9 Å². The monoisotopic (exact) mass is 721 g/mol. The van der Waals surface area contributed by atoms with Gasteiger partial charge in [0.05, 0.1) is 26.2 Å². The first-order valence-electron chi connectivity index (χ1n) is 18.2. The van der Waals surface area contributed by atoms with E-state index in [1.54, 1.807) is 32.2 Å². The first-order valence-corrected chi connectivity index (χ1v) is 18.2. The van der Waals surface area contributed by atoms with Crippen LogP contribution in [0, 0.1) is 29.1 Å². The fraction of sp³-hybridized carbons (Fsp3) is 0.590. The van der Waals surface area contributed by atoms with Gasteiger partial charge in [-0.2, -0.15) is 5.06 Å². The zero-order chi connectivity index (χ0) is 38.1. The lowest BCUT2D eigenvalue weighted by atomic mass is 9.45. The number of aliphatic hydroxyl groups is 1. The third kappa shape index (κ3) is 7.91. The SMILES string of the molecule is CNC(=O)c1cc(-c2cccc(CN3O[C@@H](CNC(=O)CCC(=O)O)[C@@H]([C@H](C)O)[C@H]3C(=O)N[C@H]3C[C@H]4C[C@H]([C@@H]3C)C4(C)C)c2OC)cc(N(C)C)c1. The third-order valence-electron chi connectivity index (χ3n) is 11.8. The number of fused-ring (bicyclic) bond motifs is 2. The molecule has 2 aromatic rings. The second kappa shape index (κ2) is 15.8. The first-order chi connectivity index (χ1) is 24.6. The molecule has 4 aliphatic rings. The smallest absolute Gasteiger partial charge is 0.303 e. The van der Waals surface area contributed by atoms with E-state index in [1.165, 1.54) is 0 Å².